The maximum absolute atomic E-state index is 11.9. The second-order valence-electron chi connectivity index (χ2n) is 4.91. The number of aromatic nitrogens is 2. The van der Waals surface area contributed by atoms with Crippen molar-refractivity contribution in [3.63, 3.8) is 0 Å². The third kappa shape index (κ3) is 2.79. The van der Waals surface area contributed by atoms with Gasteiger partial charge < -0.3 is 10.3 Å². The molecule has 0 aliphatic heterocycles. The standard InChI is InChI=1S/C14H18N4O2/c1-10(2)13(19)18(14(15)20)8-7-17-9-16-11-5-3-4-6-12(11)17/h3-6,9-10H,7-8H2,1-2H3,(H2,15,20). The number of carbonyl (C=O) groups excluding carboxylic acids is 2. The number of benzene rings is 1. The predicted molar refractivity (Wildman–Crippen MR) is 75.9 cm³/mol. The first-order valence-corrected chi connectivity index (χ1v) is 6.51. The molecule has 0 aliphatic carbocycles. The number of amides is 3. The van der Waals surface area contributed by atoms with Crippen LogP contribution in [0, 0.1) is 5.92 Å². The van der Waals surface area contributed by atoms with Gasteiger partial charge in [0, 0.05) is 19.0 Å². The van der Waals surface area contributed by atoms with Crippen LogP contribution in [0.2, 0.25) is 0 Å². The van der Waals surface area contributed by atoms with Crippen LogP contribution < -0.4 is 5.73 Å². The molecule has 0 spiro atoms. The zero-order valence-electron chi connectivity index (χ0n) is 11.6. The fourth-order valence-electron chi connectivity index (χ4n) is 2.04. The summed E-state index contributed by atoms with van der Waals surface area (Å²) < 4.78 is 1.90. The number of para-hydroxylation sites is 2. The molecule has 0 saturated carbocycles. The van der Waals surface area contributed by atoms with E-state index in [1.54, 1.807) is 20.2 Å². The number of rotatable bonds is 4. The van der Waals surface area contributed by atoms with Crippen LogP contribution in [0.25, 0.3) is 11.0 Å². The zero-order chi connectivity index (χ0) is 14.7. The van der Waals surface area contributed by atoms with E-state index in [4.69, 9.17) is 5.73 Å². The molecule has 0 aliphatic rings. The zero-order valence-corrected chi connectivity index (χ0v) is 11.6. The molecular weight excluding hydrogens is 256 g/mol. The number of nitrogens with zero attached hydrogens (tertiary/aromatic N) is 3. The van der Waals surface area contributed by atoms with E-state index in [2.05, 4.69) is 4.98 Å². The van der Waals surface area contributed by atoms with E-state index in [-0.39, 0.29) is 18.4 Å². The van der Waals surface area contributed by atoms with Crippen molar-refractivity contribution in [1.82, 2.24) is 14.5 Å². The van der Waals surface area contributed by atoms with Crippen molar-refractivity contribution in [2.75, 3.05) is 6.54 Å². The van der Waals surface area contributed by atoms with Crippen molar-refractivity contribution in [2.45, 2.75) is 20.4 Å². The molecule has 3 amide bonds. The minimum Gasteiger partial charge on any atom is -0.351 e. The topological polar surface area (TPSA) is 81.2 Å². The van der Waals surface area contributed by atoms with E-state index in [1.165, 1.54) is 0 Å². The molecule has 6 nitrogen and oxygen atoms in total. The van der Waals surface area contributed by atoms with Gasteiger partial charge in [-0.05, 0) is 12.1 Å². The molecule has 1 aromatic carbocycles. The highest BCUT2D eigenvalue weighted by Gasteiger charge is 2.21. The number of carbonyl (C=O) groups is 2. The molecule has 0 saturated heterocycles. The lowest BCUT2D eigenvalue weighted by atomic mass is 10.2. The van der Waals surface area contributed by atoms with Crippen LogP contribution in [-0.2, 0) is 11.3 Å². The molecule has 20 heavy (non-hydrogen) atoms. The summed E-state index contributed by atoms with van der Waals surface area (Å²) >= 11 is 0. The smallest absolute Gasteiger partial charge is 0.321 e. The van der Waals surface area contributed by atoms with Gasteiger partial charge in [0.15, 0.2) is 0 Å². The van der Waals surface area contributed by atoms with Gasteiger partial charge in [-0.3, -0.25) is 9.69 Å². The largest absolute Gasteiger partial charge is 0.351 e. The summed E-state index contributed by atoms with van der Waals surface area (Å²) in [5.74, 6) is -0.524. The summed E-state index contributed by atoms with van der Waals surface area (Å²) in [5.41, 5.74) is 7.12. The Balaban J connectivity index is 2.13. The Morgan fingerprint density at radius 3 is 2.70 bits per heavy atom. The molecule has 0 radical (unpaired) electrons. The predicted octanol–water partition coefficient (Wildman–Crippen LogP) is 1.60. The normalized spacial score (nSPS) is 10.9. The third-order valence-electron chi connectivity index (χ3n) is 3.12. The summed E-state index contributed by atoms with van der Waals surface area (Å²) in [7, 11) is 0. The Kier molecular flexibility index (Phi) is 4.02. The molecule has 0 bridgehead atoms. The van der Waals surface area contributed by atoms with Crippen molar-refractivity contribution in [1.29, 1.82) is 0 Å². The number of hydrogen-bond acceptors (Lipinski definition) is 3. The Morgan fingerprint density at radius 1 is 1.35 bits per heavy atom. The van der Waals surface area contributed by atoms with Gasteiger partial charge in [-0.1, -0.05) is 26.0 Å². The first-order chi connectivity index (χ1) is 9.50. The van der Waals surface area contributed by atoms with E-state index in [0.29, 0.717) is 6.54 Å². The monoisotopic (exact) mass is 274 g/mol. The number of nitrogens with two attached hydrogens (primary N) is 1. The summed E-state index contributed by atoms with van der Waals surface area (Å²) in [5, 5.41) is 0. The first kappa shape index (κ1) is 14.0. The number of imide groups is 1. The molecular formula is C14H18N4O2. The van der Waals surface area contributed by atoms with Crippen molar-refractivity contribution >= 4 is 23.0 Å². The maximum atomic E-state index is 11.9. The summed E-state index contributed by atoms with van der Waals surface area (Å²) in [6.07, 6.45) is 1.70. The summed E-state index contributed by atoms with van der Waals surface area (Å²) in [4.78, 5) is 28.6. The lowest BCUT2D eigenvalue weighted by molar-refractivity contribution is -0.131. The van der Waals surface area contributed by atoms with Crippen molar-refractivity contribution < 1.29 is 9.59 Å². The number of hydrogen-bond donors (Lipinski definition) is 1. The molecule has 2 N–H and O–H groups in total. The van der Waals surface area contributed by atoms with Gasteiger partial charge in [-0.25, -0.2) is 9.78 Å². The van der Waals surface area contributed by atoms with Crippen molar-refractivity contribution in [3.05, 3.63) is 30.6 Å². The van der Waals surface area contributed by atoms with Crippen LogP contribution in [0.4, 0.5) is 4.79 Å². The van der Waals surface area contributed by atoms with Gasteiger partial charge in [0.2, 0.25) is 5.91 Å². The molecule has 0 atom stereocenters. The number of imidazole rings is 1. The Labute approximate surface area is 117 Å². The van der Waals surface area contributed by atoms with Crippen LogP contribution in [0.5, 0.6) is 0 Å². The van der Waals surface area contributed by atoms with E-state index in [1.807, 2.05) is 28.8 Å². The highest BCUT2D eigenvalue weighted by molar-refractivity contribution is 5.94. The van der Waals surface area contributed by atoms with Crippen LogP contribution in [0.15, 0.2) is 30.6 Å². The number of fused-ring (bicyclic) bond motifs is 1. The third-order valence-corrected chi connectivity index (χ3v) is 3.12. The molecule has 1 aromatic heterocycles. The highest BCUT2D eigenvalue weighted by atomic mass is 16.2. The van der Waals surface area contributed by atoms with Gasteiger partial charge >= 0.3 is 6.03 Å². The van der Waals surface area contributed by atoms with Gasteiger partial charge in [-0.2, -0.15) is 0 Å². The van der Waals surface area contributed by atoms with E-state index >= 15 is 0 Å². The van der Waals surface area contributed by atoms with Crippen LogP contribution in [0.3, 0.4) is 0 Å². The van der Waals surface area contributed by atoms with Crippen molar-refractivity contribution in [3.8, 4) is 0 Å². The van der Waals surface area contributed by atoms with E-state index in [0.717, 1.165) is 15.9 Å². The Morgan fingerprint density at radius 2 is 2.05 bits per heavy atom. The Hall–Kier alpha value is -2.37. The second kappa shape index (κ2) is 5.73. The van der Waals surface area contributed by atoms with Gasteiger partial charge in [0.05, 0.1) is 17.4 Å². The van der Waals surface area contributed by atoms with E-state index < -0.39 is 6.03 Å². The molecule has 1 heterocycles. The lowest BCUT2D eigenvalue weighted by Crippen LogP contribution is -2.44. The minimum absolute atomic E-state index is 0.243. The fraction of sp³-hybridized carbons (Fsp3) is 0.357. The number of urea groups is 1. The quantitative estimate of drug-likeness (QED) is 0.919. The van der Waals surface area contributed by atoms with Gasteiger partial charge in [0.25, 0.3) is 0 Å². The SMILES string of the molecule is CC(C)C(=O)N(CCn1cnc2ccccc21)C(N)=O. The fourth-order valence-corrected chi connectivity index (χ4v) is 2.04. The van der Waals surface area contributed by atoms with Crippen LogP contribution in [0.1, 0.15) is 13.8 Å². The Bertz CT molecular complexity index is 633. The number of primary amides is 1. The van der Waals surface area contributed by atoms with Gasteiger partial charge in [0.1, 0.15) is 0 Å². The van der Waals surface area contributed by atoms with Crippen molar-refractivity contribution in [2.24, 2.45) is 11.7 Å². The van der Waals surface area contributed by atoms with Crippen LogP contribution in [-0.4, -0.2) is 32.9 Å². The summed E-state index contributed by atoms with van der Waals surface area (Å²) in [6.45, 7) is 4.20. The lowest BCUT2D eigenvalue weighted by Gasteiger charge is -2.20. The molecule has 6 heteroatoms. The van der Waals surface area contributed by atoms with Crippen LogP contribution >= 0.6 is 0 Å². The molecule has 2 aromatic rings. The molecule has 106 valence electrons. The first-order valence-electron chi connectivity index (χ1n) is 6.51. The van der Waals surface area contributed by atoms with Gasteiger partial charge in [-0.15, -0.1) is 0 Å². The molecule has 2 rings (SSSR count). The highest BCUT2D eigenvalue weighted by Crippen LogP contribution is 2.12. The average Bonchev–Trinajstić information content (AvgIpc) is 2.82. The molecule has 0 unspecified atom stereocenters. The minimum atomic E-state index is -0.715. The maximum Gasteiger partial charge on any atom is 0.321 e. The van der Waals surface area contributed by atoms with E-state index in [9.17, 15) is 9.59 Å². The summed E-state index contributed by atoms with van der Waals surface area (Å²) in [6, 6.07) is 6.98. The second-order valence-corrected chi connectivity index (χ2v) is 4.91. The molecule has 0 fully saturated rings. The average molecular weight is 274 g/mol.